The molecule has 140 valence electrons. The van der Waals surface area contributed by atoms with Crippen LogP contribution in [0.4, 0.5) is 5.69 Å². The Bertz CT molecular complexity index is 903. The highest BCUT2D eigenvalue weighted by molar-refractivity contribution is 6.34. The highest BCUT2D eigenvalue weighted by atomic mass is 35.5. The molecule has 0 spiro atoms. The Kier molecular flexibility index (Phi) is 6.19. The first-order chi connectivity index (χ1) is 13.0. The van der Waals surface area contributed by atoms with Gasteiger partial charge in [-0.15, -0.1) is 0 Å². The molecule has 1 fully saturated rings. The normalized spacial score (nSPS) is 14.0. The molecule has 0 aliphatic carbocycles. The number of benzene rings is 2. The molecule has 2 amide bonds. The number of hydrogen-bond donors (Lipinski definition) is 1. The van der Waals surface area contributed by atoms with E-state index < -0.39 is 0 Å². The van der Waals surface area contributed by atoms with Crippen molar-refractivity contribution in [2.45, 2.75) is 19.8 Å². The third kappa shape index (κ3) is 4.71. The predicted molar refractivity (Wildman–Crippen MR) is 110 cm³/mol. The molecule has 0 atom stereocenters. The lowest BCUT2D eigenvalue weighted by Crippen LogP contribution is -2.29. The molecule has 3 rings (SSSR count). The van der Waals surface area contributed by atoms with Gasteiger partial charge in [0, 0.05) is 29.2 Å². The first-order valence-corrected chi connectivity index (χ1v) is 9.54. The number of carbonyl (C=O) groups excluding carboxylic acids is 2. The number of halogens is 2. The van der Waals surface area contributed by atoms with Crippen LogP contribution in [-0.2, 0) is 4.79 Å². The summed E-state index contributed by atoms with van der Waals surface area (Å²) < 4.78 is 0. The fourth-order valence-corrected chi connectivity index (χ4v) is 3.44. The number of para-hydroxylation sites is 1. The van der Waals surface area contributed by atoms with Crippen LogP contribution in [0.25, 0.3) is 6.08 Å². The minimum absolute atomic E-state index is 0.0478. The van der Waals surface area contributed by atoms with Crippen LogP contribution < -0.4 is 5.32 Å². The second-order valence-corrected chi connectivity index (χ2v) is 7.33. The molecule has 1 saturated heterocycles. The van der Waals surface area contributed by atoms with Gasteiger partial charge in [0.15, 0.2) is 0 Å². The van der Waals surface area contributed by atoms with Crippen LogP contribution in [0.15, 0.2) is 42.5 Å². The Morgan fingerprint density at radius 3 is 2.59 bits per heavy atom. The summed E-state index contributed by atoms with van der Waals surface area (Å²) in [7, 11) is 0. The molecule has 0 radical (unpaired) electrons. The zero-order chi connectivity index (χ0) is 19.4. The van der Waals surface area contributed by atoms with Gasteiger partial charge >= 0.3 is 0 Å². The second-order valence-electron chi connectivity index (χ2n) is 6.49. The molecule has 0 aromatic heterocycles. The number of amides is 2. The van der Waals surface area contributed by atoms with Crippen molar-refractivity contribution in [2.24, 2.45) is 0 Å². The highest BCUT2D eigenvalue weighted by Gasteiger charge is 2.23. The predicted octanol–water partition coefficient (Wildman–Crippen LogP) is 5.19. The Labute approximate surface area is 168 Å². The van der Waals surface area contributed by atoms with Gasteiger partial charge in [-0.25, -0.2) is 0 Å². The Morgan fingerprint density at radius 1 is 1.11 bits per heavy atom. The monoisotopic (exact) mass is 402 g/mol. The third-order valence-corrected chi connectivity index (χ3v) is 5.10. The molecular formula is C21H20Cl2N2O2. The van der Waals surface area contributed by atoms with E-state index in [-0.39, 0.29) is 11.8 Å². The maximum Gasteiger partial charge on any atom is 0.255 e. The van der Waals surface area contributed by atoms with Crippen molar-refractivity contribution in [3.05, 3.63) is 69.2 Å². The summed E-state index contributed by atoms with van der Waals surface area (Å²) in [5.74, 6) is -0.385. The van der Waals surface area contributed by atoms with Gasteiger partial charge in [-0.3, -0.25) is 9.59 Å². The van der Waals surface area contributed by atoms with Crippen LogP contribution in [0, 0.1) is 6.92 Å². The van der Waals surface area contributed by atoms with E-state index >= 15 is 0 Å². The molecule has 1 heterocycles. The van der Waals surface area contributed by atoms with Crippen LogP contribution in [0.3, 0.4) is 0 Å². The maximum absolute atomic E-state index is 12.8. The lowest BCUT2D eigenvalue weighted by atomic mass is 10.1. The van der Waals surface area contributed by atoms with Crippen LogP contribution in [0.5, 0.6) is 0 Å². The van der Waals surface area contributed by atoms with Crippen LogP contribution >= 0.6 is 23.2 Å². The van der Waals surface area contributed by atoms with Gasteiger partial charge in [-0.2, -0.15) is 0 Å². The van der Waals surface area contributed by atoms with Crippen molar-refractivity contribution in [3.63, 3.8) is 0 Å². The molecule has 1 aliphatic heterocycles. The summed E-state index contributed by atoms with van der Waals surface area (Å²) >= 11 is 12.1. The van der Waals surface area contributed by atoms with Crippen molar-refractivity contribution in [3.8, 4) is 0 Å². The van der Waals surface area contributed by atoms with Gasteiger partial charge in [0.25, 0.3) is 5.91 Å². The van der Waals surface area contributed by atoms with E-state index in [2.05, 4.69) is 5.32 Å². The van der Waals surface area contributed by atoms with Gasteiger partial charge in [0.2, 0.25) is 5.91 Å². The average molecular weight is 403 g/mol. The molecular weight excluding hydrogens is 383 g/mol. The van der Waals surface area contributed by atoms with E-state index in [0.29, 0.717) is 26.9 Å². The molecule has 0 bridgehead atoms. The second kappa shape index (κ2) is 8.59. The number of carbonyl (C=O) groups is 2. The first-order valence-electron chi connectivity index (χ1n) is 8.79. The fourth-order valence-electron chi connectivity index (χ4n) is 3.08. The van der Waals surface area contributed by atoms with Crippen LogP contribution in [-0.4, -0.2) is 29.8 Å². The molecule has 4 nitrogen and oxygen atoms in total. The van der Waals surface area contributed by atoms with Crippen molar-refractivity contribution < 1.29 is 9.59 Å². The van der Waals surface area contributed by atoms with Gasteiger partial charge < -0.3 is 10.2 Å². The topological polar surface area (TPSA) is 49.4 Å². The zero-order valence-corrected chi connectivity index (χ0v) is 16.5. The number of anilines is 1. The van der Waals surface area contributed by atoms with Crippen molar-refractivity contribution in [1.29, 1.82) is 0 Å². The lowest BCUT2D eigenvalue weighted by molar-refractivity contribution is -0.111. The summed E-state index contributed by atoms with van der Waals surface area (Å²) in [5.41, 5.74) is 2.54. The fraction of sp³-hybridized carbons (Fsp3) is 0.238. The summed E-state index contributed by atoms with van der Waals surface area (Å²) in [4.78, 5) is 27.0. The van der Waals surface area contributed by atoms with E-state index in [9.17, 15) is 9.59 Å². The van der Waals surface area contributed by atoms with Crippen LogP contribution in [0.1, 0.15) is 34.3 Å². The third-order valence-electron chi connectivity index (χ3n) is 4.52. The first kappa shape index (κ1) is 19.5. The Morgan fingerprint density at radius 2 is 1.85 bits per heavy atom. The van der Waals surface area contributed by atoms with E-state index in [0.717, 1.165) is 31.5 Å². The number of nitrogens with zero attached hydrogens (tertiary/aromatic N) is 1. The largest absolute Gasteiger partial charge is 0.339 e. The van der Waals surface area contributed by atoms with E-state index in [1.165, 1.54) is 6.08 Å². The van der Waals surface area contributed by atoms with Gasteiger partial charge in [0.1, 0.15) is 0 Å². The van der Waals surface area contributed by atoms with Gasteiger partial charge in [-0.1, -0.05) is 35.3 Å². The number of aryl methyl sites for hydroxylation is 1. The molecule has 27 heavy (non-hydrogen) atoms. The number of hydrogen-bond acceptors (Lipinski definition) is 2. The van der Waals surface area contributed by atoms with E-state index in [4.69, 9.17) is 23.2 Å². The van der Waals surface area contributed by atoms with Crippen molar-refractivity contribution in [2.75, 3.05) is 18.4 Å². The average Bonchev–Trinajstić information content (AvgIpc) is 3.18. The smallest absolute Gasteiger partial charge is 0.255 e. The molecule has 0 saturated carbocycles. The summed E-state index contributed by atoms with van der Waals surface area (Å²) in [6, 6.07) is 10.5. The summed E-state index contributed by atoms with van der Waals surface area (Å²) in [6.45, 7) is 3.38. The number of likely N-dealkylation sites (tertiary alicyclic amines) is 1. The zero-order valence-electron chi connectivity index (χ0n) is 15.0. The summed E-state index contributed by atoms with van der Waals surface area (Å²) in [6.07, 6.45) is 5.02. The van der Waals surface area contributed by atoms with E-state index in [1.54, 1.807) is 30.3 Å². The Hall–Kier alpha value is -2.30. The molecule has 1 N–H and O–H groups in total. The van der Waals surface area contributed by atoms with Gasteiger partial charge in [-0.05, 0) is 61.2 Å². The number of rotatable bonds is 4. The SMILES string of the molecule is Cc1cccc(C(=O)N2CCCC2)c1NC(=O)/C=C/c1cc(Cl)ccc1Cl. The standard InChI is InChI=1S/C21H20Cl2N2O2/c1-14-5-4-6-17(21(27)25-11-2-3-12-25)20(14)24-19(26)10-7-15-13-16(22)8-9-18(15)23/h4-10,13H,2-3,11-12H2,1H3,(H,24,26)/b10-7+. The lowest BCUT2D eigenvalue weighted by Gasteiger charge is -2.19. The Balaban J connectivity index is 1.80. The molecule has 1 aliphatic rings. The molecule has 2 aromatic carbocycles. The summed E-state index contributed by atoms with van der Waals surface area (Å²) in [5, 5.41) is 3.88. The molecule has 0 unspecified atom stereocenters. The number of nitrogens with one attached hydrogen (secondary N) is 1. The molecule has 2 aromatic rings. The minimum atomic E-state index is -0.337. The van der Waals surface area contributed by atoms with Crippen molar-refractivity contribution >= 4 is 46.8 Å². The quantitative estimate of drug-likeness (QED) is 0.715. The minimum Gasteiger partial charge on any atom is -0.339 e. The van der Waals surface area contributed by atoms with Crippen molar-refractivity contribution in [1.82, 2.24) is 4.90 Å². The van der Waals surface area contributed by atoms with Gasteiger partial charge in [0.05, 0.1) is 11.3 Å². The highest BCUT2D eigenvalue weighted by Crippen LogP contribution is 2.25. The maximum atomic E-state index is 12.8. The molecule has 6 heteroatoms. The van der Waals surface area contributed by atoms with Crippen LogP contribution in [0.2, 0.25) is 10.0 Å². The van der Waals surface area contributed by atoms with E-state index in [1.807, 2.05) is 24.0 Å².